The van der Waals surface area contributed by atoms with Gasteiger partial charge in [-0.2, -0.15) is 0 Å². The number of likely N-dealkylation sites (tertiary alicyclic amines) is 1. The van der Waals surface area contributed by atoms with Crippen molar-refractivity contribution in [2.45, 2.75) is 44.7 Å². The third-order valence-corrected chi connectivity index (χ3v) is 4.37. The Kier molecular flexibility index (Phi) is 3.88. The first-order valence-corrected chi connectivity index (χ1v) is 6.63. The molecule has 1 N–H and O–H groups in total. The molecule has 2 unspecified atom stereocenters. The van der Waals surface area contributed by atoms with E-state index in [1.165, 1.54) is 25.9 Å². The van der Waals surface area contributed by atoms with Gasteiger partial charge in [0.2, 0.25) is 0 Å². The fourth-order valence-corrected chi connectivity index (χ4v) is 3.14. The average molecular weight is 226 g/mol. The summed E-state index contributed by atoms with van der Waals surface area (Å²) in [5.74, 6) is 0.663. The zero-order chi connectivity index (χ0) is 11.6. The van der Waals surface area contributed by atoms with Crippen LogP contribution in [0.25, 0.3) is 0 Å². The zero-order valence-electron chi connectivity index (χ0n) is 11.0. The lowest BCUT2D eigenvalue weighted by Crippen LogP contribution is -2.49. The molecule has 3 heteroatoms. The zero-order valence-corrected chi connectivity index (χ0v) is 11.0. The predicted octanol–water partition coefficient (Wildman–Crippen LogP) is 1.49. The maximum atomic E-state index is 5.63. The van der Waals surface area contributed by atoms with E-state index in [4.69, 9.17) is 4.74 Å². The van der Waals surface area contributed by atoms with E-state index < -0.39 is 0 Å². The summed E-state index contributed by atoms with van der Waals surface area (Å²) in [4.78, 5) is 2.65. The predicted molar refractivity (Wildman–Crippen MR) is 66.7 cm³/mol. The van der Waals surface area contributed by atoms with Gasteiger partial charge in [-0.15, -0.1) is 0 Å². The molecule has 0 radical (unpaired) electrons. The largest absolute Gasteiger partial charge is 0.381 e. The average Bonchev–Trinajstić information content (AvgIpc) is 2.59. The van der Waals surface area contributed by atoms with Gasteiger partial charge in [0.15, 0.2) is 0 Å². The number of hydrogen-bond donors (Lipinski definition) is 1. The van der Waals surface area contributed by atoms with Gasteiger partial charge in [-0.1, -0.05) is 0 Å². The van der Waals surface area contributed by atoms with E-state index in [2.05, 4.69) is 31.1 Å². The molecule has 0 aliphatic carbocycles. The summed E-state index contributed by atoms with van der Waals surface area (Å²) < 4.78 is 5.63. The quantitative estimate of drug-likeness (QED) is 0.789. The second kappa shape index (κ2) is 5.03. The fourth-order valence-electron chi connectivity index (χ4n) is 3.14. The van der Waals surface area contributed by atoms with E-state index in [0.717, 1.165) is 19.6 Å². The minimum Gasteiger partial charge on any atom is -0.381 e. The van der Waals surface area contributed by atoms with Crippen molar-refractivity contribution in [1.29, 1.82) is 0 Å². The summed E-state index contributed by atoms with van der Waals surface area (Å²) in [6, 6.07) is 0.644. The van der Waals surface area contributed by atoms with Gasteiger partial charge in [0, 0.05) is 30.7 Å². The summed E-state index contributed by atoms with van der Waals surface area (Å²) in [6.07, 6.45) is 3.85. The first kappa shape index (κ1) is 12.3. The molecule has 0 spiro atoms. The lowest BCUT2D eigenvalue weighted by atomic mass is 9.93. The van der Waals surface area contributed by atoms with E-state index >= 15 is 0 Å². The highest BCUT2D eigenvalue weighted by Gasteiger charge is 2.35. The van der Waals surface area contributed by atoms with Crippen molar-refractivity contribution in [3.05, 3.63) is 0 Å². The second-order valence-electron chi connectivity index (χ2n) is 5.88. The van der Waals surface area contributed by atoms with Crippen molar-refractivity contribution in [2.75, 3.05) is 33.4 Å². The van der Waals surface area contributed by atoms with Crippen molar-refractivity contribution in [1.82, 2.24) is 10.2 Å². The van der Waals surface area contributed by atoms with E-state index in [0.29, 0.717) is 17.5 Å². The highest BCUT2D eigenvalue weighted by molar-refractivity contribution is 4.91. The maximum Gasteiger partial charge on any atom is 0.0521 e. The van der Waals surface area contributed by atoms with Crippen LogP contribution >= 0.6 is 0 Å². The Morgan fingerprint density at radius 1 is 1.44 bits per heavy atom. The number of nitrogens with one attached hydrogen (secondary N) is 1. The lowest BCUT2D eigenvalue weighted by molar-refractivity contribution is 0.00925. The van der Waals surface area contributed by atoms with Crippen LogP contribution < -0.4 is 5.32 Å². The highest BCUT2D eigenvalue weighted by atomic mass is 16.5. The Hall–Kier alpha value is -0.120. The van der Waals surface area contributed by atoms with Crippen molar-refractivity contribution in [2.24, 2.45) is 5.92 Å². The Bertz CT molecular complexity index is 230. The molecule has 0 bridgehead atoms. The van der Waals surface area contributed by atoms with Crippen LogP contribution in [0.4, 0.5) is 0 Å². The molecule has 3 nitrogen and oxygen atoms in total. The molecule has 2 fully saturated rings. The molecule has 2 rings (SSSR count). The fraction of sp³-hybridized carbons (Fsp3) is 1.00. The standard InChI is InChI=1S/C13H26N2O/c1-13(2)6-4-7-15(13)9-11-10-16-8-5-12(11)14-3/h11-12,14H,4-10H2,1-3H3. The Labute approximate surface area is 99.5 Å². The molecule has 0 saturated carbocycles. The molecule has 2 aliphatic heterocycles. The number of hydrogen-bond acceptors (Lipinski definition) is 3. The van der Waals surface area contributed by atoms with Crippen molar-refractivity contribution < 1.29 is 4.74 Å². The molecule has 2 saturated heterocycles. The third-order valence-electron chi connectivity index (χ3n) is 4.37. The van der Waals surface area contributed by atoms with Crippen LogP contribution in [0.3, 0.4) is 0 Å². The van der Waals surface area contributed by atoms with Crippen molar-refractivity contribution in [3.8, 4) is 0 Å². The minimum atomic E-state index is 0.399. The maximum absolute atomic E-state index is 5.63. The van der Waals surface area contributed by atoms with Gasteiger partial charge in [-0.25, -0.2) is 0 Å². The summed E-state index contributed by atoms with van der Waals surface area (Å²) in [6.45, 7) is 9.05. The van der Waals surface area contributed by atoms with E-state index in [9.17, 15) is 0 Å². The van der Waals surface area contributed by atoms with Crippen LogP contribution in [-0.2, 0) is 4.74 Å². The highest BCUT2D eigenvalue weighted by Crippen LogP contribution is 2.30. The normalized spacial score (nSPS) is 35.4. The molecule has 0 aromatic carbocycles. The molecule has 0 aromatic heterocycles. The number of nitrogens with zero attached hydrogens (tertiary/aromatic N) is 1. The minimum absolute atomic E-state index is 0.399. The molecule has 0 aromatic rings. The van der Waals surface area contributed by atoms with Crippen LogP contribution in [0.5, 0.6) is 0 Å². The molecule has 2 aliphatic rings. The van der Waals surface area contributed by atoms with E-state index in [-0.39, 0.29) is 0 Å². The Morgan fingerprint density at radius 3 is 2.88 bits per heavy atom. The molecule has 16 heavy (non-hydrogen) atoms. The topological polar surface area (TPSA) is 24.5 Å². The van der Waals surface area contributed by atoms with Gasteiger partial charge in [-0.3, -0.25) is 4.90 Å². The van der Waals surface area contributed by atoms with E-state index in [1.54, 1.807) is 0 Å². The van der Waals surface area contributed by atoms with Gasteiger partial charge in [-0.05, 0) is 46.7 Å². The smallest absolute Gasteiger partial charge is 0.0521 e. The molecular weight excluding hydrogens is 200 g/mol. The van der Waals surface area contributed by atoms with Gasteiger partial charge in [0.05, 0.1) is 6.61 Å². The summed E-state index contributed by atoms with van der Waals surface area (Å²) in [5, 5.41) is 3.45. The van der Waals surface area contributed by atoms with Gasteiger partial charge in [0.1, 0.15) is 0 Å². The first-order valence-electron chi connectivity index (χ1n) is 6.63. The Morgan fingerprint density at radius 2 is 2.25 bits per heavy atom. The van der Waals surface area contributed by atoms with Gasteiger partial charge in [0.25, 0.3) is 0 Å². The molecule has 2 atom stereocenters. The summed E-state index contributed by atoms with van der Waals surface area (Å²) in [5.41, 5.74) is 0.399. The number of ether oxygens (including phenoxy) is 1. The lowest BCUT2D eigenvalue weighted by Gasteiger charge is -2.39. The molecular formula is C13H26N2O. The van der Waals surface area contributed by atoms with Crippen molar-refractivity contribution >= 4 is 0 Å². The van der Waals surface area contributed by atoms with Crippen LogP contribution in [0.15, 0.2) is 0 Å². The summed E-state index contributed by atoms with van der Waals surface area (Å²) >= 11 is 0. The van der Waals surface area contributed by atoms with E-state index in [1.807, 2.05) is 0 Å². The second-order valence-corrected chi connectivity index (χ2v) is 5.88. The number of rotatable bonds is 3. The monoisotopic (exact) mass is 226 g/mol. The molecule has 0 amide bonds. The SMILES string of the molecule is CNC1CCOCC1CN1CCCC1(C)C. The van der Waals surface area contributed by atoms with Crippen molar-refractivity contribution in [3.63, 3.8) is 0 Å². The van der Waals surface area contributed by atoms with Crippen LogP contribution in [0, 0.1) is 5.92 Å². The molecule has 94 valence electrons. The van der Waals surface area contributed by atoms with Crippen LogP contribution in [-0.4, -0.2) is 49.8 Å². The van der Waals surface area contributed by atoms with Crippen LogP contribution in [0.2, 0.25) is 0 Å². The van der Waals surface area contributed by atoms with Gasteiger partial charge < -0.3 is 10.1 Å². The summed E-state index contributed by atoms with van der Waals surface area (Å²) in [7, 11) is 2.08. The van der Waals surface area contributed by atoms with Crippen LogP contribution in [0.1, 0.15) is 33.1 Å². The van der Waals surface area contributed by atoms with Gasteiger partial charge >= 0.3 is 0 Å². The molecule has 2 heterocycles. The third kappa shape index (κ3) is 2.58. The Balaban J connectivity index is 1.92. The first-order chi connectivity index (χ1) is 7.63.